The molecular formula is C12H16N2O3S. The van der Waals surface area contributed by atoms with Crippen molar-refractivity contribution in [3.8, 4) is 5.75 Å². The van der Waals surface area contributed by atoms with Gasteiger partial charge in [0, 0.05) is 0 Å². The molecule has 6 heteroatoms. The summed E-state index contributed by atoms with van der Waals surface area (Å²) in [5.41, 5.74) is 0.696. The smallest absolute Gasteiger partial charge is 0.413 e. The molecule has 0 aliphatic rings. The van der Waals surface area contributed by atoms with Crippen molar-refractivity contribution in [3.63, 3.8) is 0 Å². The van der Waals surface area contributed by atoms with E-state index in [1.807, 2.05) is 31.2 Å². The molecule has 0 aliphatic carbocycles. The van der Waals surface area contributed by atoms with E-state index in [1.54, 1.807) is 6.92 Å². The highest BCUT2D eigenvalue weighted by molar-refractivity contribution is 7.80. The second-order valence-corrected chi connectivity index (χ2v) is 3.64. The molecule has 0 saturated carbocycles. The van der Waals surface area contributed by atoms with Crippen LogP contribution in [-0.2, 0) is 4.74 Å². The number of amides is 1. The number of nitrogens with one attached hydrogen (secondary N) is 2. The molecule has 0 radical (unpaired) electrons. The van der Waals surface area contributed by atoms with Crippen LogP contribution in [0.15, 0.2) is 24.3 Å². The maximum atomic E-state index is 11.2. The number of anilines is 1. The highest BCUT2D eigenvalue weighted by Crippen LogP contribution is 2.23. The summed E-state index contributed by atoms with van der Waals surface area (Å²) >= 11 is 4.99. The van der Waals surface area contributed by atoms with Crippen LogP contribution in [0.2, 0.25) is 0 Å². The number of ether oxygens (including phenoxy) is 2. The number of benzene rings is 1. The van der Waals surface area contributed by atoms with Crippen molar-refractivity contribution in [2.24, 2.45) is 0 Å². The van der Waals surface area contributed by atoms with Crippen molar-refractivity contribution in [1.82, 2.24) is 5.32 Å². The third-order valence-corrected chi connectivity index (χ3v) is 2.13. The van der Waals surface area contributed by atoms with E-state index in [2.05, 4.69) is 10.6 Å². The first-order chi connectivity index (χ1) is 8.67. The van der Waals surface area contributed by atoms with Gasteiger partial charge in [-0.3, -0.25) is 5.32 Å². The average molecular weight is 268 g/mol. The van der Waals surface area contributed by atoms with Crippen LogP contribution in [0.1, 0.15) is 13.8 Å². The lowest BCUT2D eigenvalue weighted by Crippen LogP contribution is -2.34. The summed E-state index contributed by atoms with van der Waals surface area (Å²) in [4.78, 5) is 11.2. The van der Waals surface area contributed by atoms with E-state index in [0.717, 1.165) is 0 Å². The molecule has 1 rings (SSSR count). The van der Waals surface area contributed by atoms with E-state index in [1.165, 1.54) is 0 Å². The molecule has 0 atom stereocenters. The van der Waals surface area contributed by atoms with E-state index in [0.29, 0.717) is 24.7 Å². The Balaban J connectivity index is 2.61. The molecule has 0 saturated heterocycles. The van der Waals surface area contributed by atoms with Crippen molar-refractivity contribution in [3.05, 3.63) is 24.3 Å². The highest BCUT2D eigenvalue weighted by Gasteiger charge is 2.07. The Labute approximate surface area is 111 Å². The summed E-state index contributed by atoms with van der Waals surface area (Å²) in [7, 11) is 0. The van der Waals surface area contributed by atoms with E-state index in [9.17, 15) is 4.79 Å². The topological polar surface area (TPSA) is 59.6 Å². The van der Waals surface area contributed by atoms with E-state index in [-0.39, 0.29) is 5.11 Å². The van der Waals surface area contributed by atoms with Crippen molar-refractivity contribution >= 4 is 29.1 Å². The minimum absolute atomic E-state index is 0.167. The largest absolute Gasteiger partial charge is 0.492 e. The van der Waals surface area contributed by atoms with Gasteiger partial charge >= 0.3 is 6.09 Å². The summed E-state index contributed by atoms with van der Waals surface area (Å²) < 4.78 is 10.1. The number of carbonyl (C=O) groups excluding carboxylic acids is 1. The Morgan fingerprint density at radius 2 is 2.00 bits per heavy atom. The Bertz CT molecular complexity index is 424. The fourth-order valence-corrected chi connectivity index (χ4v) is 1.46. The summed E-state index contributed by atoms with van der Waals surface area (Å²) in [6.07, 6.45) is -0.580. The van der Waals surface area contributed by atoms with Gasteiger partial charge in [0.2, 0.25) is 0 Å². The number of hydrogen-bond donors (Lipinski definition) is 2. The van der Waals surface area contributed by atoms with Crippen molar-refractivity contribution in [2.45, 2.75) is 13.8 Å². The SMILES string of the molecule is CCOC(=O)NC(=S)Nc1ccccc1OCC. The molecule has 98 valence electrons. The predicted octanol–water partition coefficient (Wildman–Crippen LogP) is 2.53. The first kappa shape index (κ1) is 14.2. The minimum atomic E-state index is -0.580. The van der Waals surface area contributed by atoms with Gasteiger partial charge < -0.3 is 14.8 Å². The van der Waals surface area contributed by atoms with Crippen LogP contribution in [0.5, 0.6) is 5.75 Å². The average Bonchev–Trinajstić information content (AvgIpc) is 2.32. The fraction of sp³-hybridized carbons (Fsp3) is 0.333. The van der Waals surface area contributed by atoms with Gasteiger partial charge in [-0.2, -0.15) is 0 Å². The van der Waals surface area contributed by atoms with Crippen LogP contribution in [0.3, 0.4) is 0 Å². The van der Waals surface area contributed by atoms with Gasteiger partial charge in [0.1, 0.15) is 5.75 Å². The number of thiocarbonyl (C=S) groups is 1. The molecule has 0 unspecified atom stereocenters. The molecule has 1 amide bonds. The first-order valence-electron chi connectivity index (χ1n) is 5.64. The van der Waals surface area contributed by atoms with Gasteiger partial charge in [0.25, 0.3) is 0 Å². The lowest BCUT2D eigenvalue weighted by Gasteiger charge is -2.13. The quantitative estimate of drug-likeness (QED) is 0.822. The standard InChI is InChI=1S/C12H16N2O3S/c1-3-16-10-8-6-5-7-9(10)13-11(18)14-12(15)17-4-2/h5-8H,3-4H2,1-2H3,(H2,13,14,15,18). The Kier molecular flexibility index (Phi) is 5.93. The third-order valence-electron chi connectivity index (χ3n) is 1.93. The summed E-state index contributed by atoms with van der Waals surface area (Å²) in [6.45, 7) is 4.47. The van der Waals surface area contributed by atoms with Crippen molar-refractivity contribution in [1.29, 1.82) is 0 Å². The zero-order chi connectivity index (χ0) is 13.4. The number of rotatable bonds is 4. The summed E-state index contributed by atoms with van der Waals surface area (Å²) in [5, 5.41) is 5.45. The normalized spacial score (nSPS) is 9.44. The predicted molar refractivity (Wildman–Crippen MR) is 74.0 cm³/mol. The molecule has 2 N–H and O–H groups in total. The van der Waals surface area contributed by atoms with Gasteiger partial charge in [-0.15, -0.1) is 0 Å². The van der Waals surface area contributed by atoms with E-state index >= 15 is 0 Å². The second-order valence-electron chi connectivity index (χ2n) is 3.23. The Morgan fingerprint density at radius 3 is 2.67 bits per heavy atom. The van der Waals surface area contributed by atoms with Gasteiger partial charge in [0.15, 0.2) is 5.11 Å². The second kappa shape index (κ2) is 7.50. The van der Waals surface area contributed by atoms with Crippen LogP contribution >= 0.6 is 12.2 Å². The monoisotopic (exact) mass is 268 g/mol. The molecule has 0 fully saturated rings. The zero-order valence-corrected chi connectivity index (χ0v) is 11.2. The van der Waals surface area contributed by atoms with Gasteiger partial charge in [0.05, 0.1) is 18.9 Å². The van der Waals surface area contributed by atoms with Crippen molar-refractivity contribution in [2.75, 3.05) is 18.5 Å². The van der Waals surface area contributed by atoms with Gasteiger partial charge in [-0.25, -0.2) is 4.79 Å². The van der Waals surface area contributed by atoms with Gasteiger partial charge in [-0.1, -0.05) is 12.1 Å². The molecule has 1 aromatic carbocycles. The number of para-hydroxylation sites is 2. The molecule has 0 bridgehead atoms. The molecule has 0 aromatic heterocycles. The summed E-state index contributed by atoms with van der Waals surface area (Å²) in [6, 6.07) is 7.33. The number of alkyl carbamates (subject to hydrolysis) is 1. The summed E-state index contributed by atoms with van der Waals surface area (Å²) in [5.74, 6) is 0.674. The lowest BCUT2D eigenvalue weighted by molar-refractivity contribution is 0.158. The van der Waals surface area contributed by atoms with E-state index in [4.69, 9.17) is 21.7 Å². The maximum absolute atomic E-state index is 11.2. The molecule has 0 spiro atoms. The fourth-order valence-electron chi connectivity index (χ4n) is 1.26. The van der Waals surface area contributed by atoms with Crippen LogP contribution in [0, 0.1) is 0 Å². The Hall–Kier alpha value is -1.82. The highest BCUT2D eigenvalue weighted by atomic mass is 32.1. The van der Waals surface area contributed by atoms with Crippen LogP contribution < -0.4 is 15.4 Å². The van der Waals surface area contributed by atoms with Crippen LogP contribution in [0.25, 0.3) is 0 Å². The Morgan fingerprint density at radius 1 is 1.28 bits per heavy atom. The molecule has 0 aliphatic heterocycles. The lowest BCUT2D eigenvalue weighted by atomic mass is 10.3. The molecular weight excluding hydrogens is 252 g/mol. The first-order valence-corrected chi connectivity index (χ1v) is 6.04. The molecule has 18 heavy (non-hydrogen) atoms. The van der Waals surface area contributed by atoms with E-state index < -0.39 is 6.09 Å². The molecule has 5 nitrogen and oxygen atoms in total. The number of hydrogen-bond acceptors (Lipinski definition) is 4. The zero-order valence-electron chi connectivity index (χ0n) is 10.4. The third kappa shape index (κ3) is 4.58. The molecule has 0 heterocycles. The van der Waals surface area contributed by atoms with Crippen LogP contribution in [0.4, 0.5) is 10.5 Å². The van der Waals surface area contributed by atoms with Crippen molar-refractivity contribution < 1.29 is 14.3 Å². The minimum Gasteiger partial charge on any atom is -0.492 e. The molecule has 1 aromatic rings. The van der Waals surface area contributed by atoms with Crippen LogP contribution in [-0.4, -0.2) is 24.4 Å². The van der Waals surface area contributed by atoms with Gasteiger partial charge in [-0.05, 0) is 38.2 Å². The maximum Gasteiger partial charge on any atom is 0.413 e. The number of carbonyl (C=O) groups is 1.